The average Bonchev–Trinajstić information content (AvgIpc) is 3.28. The molecule has 0 bridgehead atoms. The van der Waals surface area contributed by atoms with E-state index in [4.69, 9.17) is 0 Å². The summed E-state index contributed by atoms with van der Waals surface area (Å²) >= 11 is 1.13. The first-order valence-corrected chi connectivity index (χ1v) is 13.1. The van der Waals surface area contributed by atoms with Crippen LogP contribution < -0.4 is 9.62 Å². The van der Waals surface area contributed by atoms with Crippen LogP contribution in [0.5, 0.6) is 0 Å². The first-order chi connectivity index (χ1) is 16.2. The van der Waals surface area contributed by atoms with Gasteiger partial charge in [0.05, 0.1) is 5.69 Å². The predicted molar refractivity (Wildman–Crippen MR) is 140 cm³/mol. The lowest BCUT2D eigenvalue weighted by Crippen LogP contribution is -2.28. The molecule has 1 aromatic heterocycles. The van der Waals surface area contributed by atoms with Gasteiger partial charge in [-0.05, 0) is 61.7 Å². The molecule has 1 N–H and O–H groups in total. The number of sulfonamides is 1. The van der Waals surface area contributed by atoms with Crippen molar-refractivity contribution in [3.05, 3.63) is 99.7 Å². The second kappa shape index (κ2) is 9.44. The van der Waals surface area contributed by atoms with Gasteiger partial charge in [0, 0.05) is 23.7 Å². The van der Waals surface area contributed by atoms with E-state index in [1.165, 1.54) is 11.4 Å². The first kappa shape index (κ1) is 23.7. The van der Waals surface area contributed by atoms with Crippen LogP contribution in [-0.4, -0.2) is 21.4 Å². The van der Waals surface area contributed by atoms with Gasteiger partial charge in [-0.2, -0.15) is 0 Å². The minimum Gasteiger partial charge on any atom is -0.321 e. The van der Waals surface area contributed by atoms with E-state index >= 15 is 0 Å². The van der Waals surface area contributed by atoms with E-state index in [1.54, 1.807) is 17.5 Å². The van der Waals surface area contributed by atoms with Crippen LogP contribution in [0.15, 0.2) is 83.1 Å². The van der Waals surface area contributed by atoms with E-state index in [-0.39, 0.29) is 9.77 Å². The number of benzene rings is 3. The summed E-state index contributed by atoms with van der Waals surface area (Å²) in [6.45, 7) is 5.91. The Morgan fingerprint density at radius 1 is 0.882 bits per heavy atom. The lowest BCUT2D eigenvalue weighted by Gasteiger charge is -2.21. The third kappa shape index (κ3) is 4.62. The van der Waals surface area contributed by atoms with Crippen LogP contribution in [0, 0.1) is 20.8 Å². The van der Waals surface area contributed by atoms with Crippen molar-refractivity contribution in [1.82, 2.24) is 0 Å². The van der Waals surface area contributed by atoms with Crippen LogP contribution in [0.3, 0.4) is 0 Å². The van der Waals surface area contributed by atoms with Gasteiger partial charge in [0.15, 0.2) is 0 Å². The Bertz CT molecular complexity index is 1440. The molecule has 0 unspecified atom stereocenters. The normalized spacial score (nSPS) is 11.3. The van der Waals surface area contributed by atoms with E-state index in [1.807, 2.05) is 81.4 Å². The maximum Gasteiger partial charge on any atom is 0.267 e. The summed E-state index contributed by atoms with van der Waals surface area (Å²) in [6, 6.07) is 22.1. The van der Waals surface area contributed by atoms with Crippen molar-refractivity contribution in [2.75, 3.05) is 16.7 Å². The van der Waals surface area contributed by atoms with Crippen molar-refractivity contribution in [2.24, 2.45) is 0 Å². The number of aryl methyl sites for hydroxylation is 3. The zero-order chi connectivity index (χ0) is 24.5. The number of hydrogen-bond donors (Lipinski definition) is 1. The van der Waals surface area contributed by atoms with Gasteiger partial charge in [-0.3, -0.25) is 9.10 Å². The molecule has 0 aliphatic heterocycles. The molecule has 0 radical (unpaired) electrons. The molecular formula is C27H26N2O3S2. The van der Waals surface area contributed by atoms with Gasteiger partial charge < -0.3 is 5.32 Å². The number of rotatable bonds is 6. The van der Waals surface area contributed by atoms with E-state index in [0.29, 0.717) is 16.9 Å². The third-order valence-electron chi connectivity index (χ3n) is 5.82. The van der Waals surface area contributed by atoms with Crippen molar-refractivity contribution in [2.45, 2.75) is 25.7 Å². The SMILES string of the molecule is Cc1ccc(N(C)S(=O)(=O)c2c(-c3ccccc3)csc2C(=O)Nc2ccc(C)c(C)c2)cc1. The maximum absolute atomic E-state index is 13.9. The molecule has 1 amide bonds. The molecule has 5 nitrogen and oxygen atoms in total. The minimum absolute atomic E-state index is 0.00751. The van der Waals surface area contributed by atoms with Crippen LogP contribution in [0.4, 0.5) is 11.4 Å². The van der Waals surface area contributed by atoms with Crippen molar-refractivity contribution in [3.63, 3.8) is 0 Å². The minimum atomic E-state index is -4.04. The highest BCUT2D eigenvalue weighted by molar-refractivity contribution is 7.93. The van der Waals surface area contributed by atoms with Gasteiger partial charge >= 0.3 is 0 Å². The Kier molecular flexibility index (Phi) is 6.59. The molecule has 0 saturated carbocycles. The summed E-state index contributed by atoms with van der Waals surface area (Å²) in [5.41, 5.74) is 5.58. The second-order valence-corrected chi connectivity index (χ2v) is 11.0. The molecule has 3 aromatic carbocycles. The number of amides is 1. The number of carbonyl (C=O) groups is 1. The van der Waals surface area contributed by atoms with Crippen LogP contribution >= 0.6 is 11.3 Å². The summed E-state index contributed by atoms with van der Waals surface area (Å²) in [7, 11) is -2.53. The number of anilines is 2. The smallest absolute Gasteiger partial charge is 0.267 e. The fraction of sp³-hybridized carbons (Fsp3) is 0.148. The van der Waals surface area contributed by atoms with E-state index in [0.717, 1.165) is 33.6 Å². The zero-order valence-corrected chi connectivity index (χ0v) is 21.1. The Morgan fingerprint density at radius 3 is 2.21 bits per heavy atom. The molecular weight excluding hydrogens is 464 g/mol. The van der Waals surface area contributed by atoms with Gasteiger partial charge in [-0.15, -0.1) is 11.3 Å². The Labute approximate surface area is 204 Å². The van der Waals surface area contributed by atoms with Crippen molar-refractivity contribution >= 4 is 38.6 Å². The molecule has 4 aromatic rings. The van der Waals surface area contributed by atoms with Crippen LogP contribution in [0.2, 0.25) is 0 Å². The van der Waals surface area contributed by atoms with Gasteiger partial charge in [0.2, 0.25) is 0 Å². The largest absolute Gasteiger partial charge is 0.321 e. The number of nitrogens with one attached hydrogen (secondary N) is 1. The van der Waals surface area contributed by atoms with E-state index in [2.05, 4.69) is 5.32 Å². The molecule has 174 valence electrons. The van der Waals surface area contributed by atoms with Crippen LogP contribution in [0.25, 0.3) is 11.1 Å². The fourth-order valence-electron chi connectivity index (χ4n) is 3.61. The van der Waals surface area contributed by atoms with Crippen LogP contribution in [0.1, 0.15) is 26.4 Å². The molecule has 0 atom stereocenters. The molecule has 0 aliphatic carbocycles. The number of thiophene rings is 1. The summed E-state index contributed by atoms with van der Waals surface area (Å²) in [5.74, 6) is -0.452. The molecule has 0 aliphatic rings. The molecule has 4 rings (SSSR count). The highest BCUT2D eigenvalue weighted by Crippen LogP contribution is 2.38. The Balaban J connectivity index is 1.82. The lowest BCUT2D eigenvalue weighted by atomic mass is 10.1. The van der Waals surface area contributed by atoms with Crippen molar-refractivity contribution in [1.29, 1.82) is 0 Å². The van der Waals surface area contributed by atoms with Gasteiger partial charge in [0.1, 0.15) is 9.77 Å². The maximum atomic E-state index is 13.9. The number of nitrogens with zero attached hydrogens (tertiary/aromatic N) is 1. The highest BCUT2D eigenvalue weighted by Gasteiger charge is 2.32. The second-order valence-electron chi connectivity index (χ2n) is 8.23. The summed E-state index contributed by atoms with van der Waals surface area (Å²) in [6.07, 6.45) is 0. The fourth-order valence-corrected chi connectivity index (χ4v) is 6.47. The van der Waals surface area contributed by atoms with E-state index in [9.17, 15) is 13.2 Å². The quantitative estimate of drug-likeness (QED) is 0.339. The molecule has 0 saturated heterocycles. The summed E-state index contributed by atoms with van der Waals surface area (Å²) in [4.78, 5) is 13.5. The first-order valence-electron chi connectivity index (χ1n) is 10.8. The van der Waals surface area contributed by atoms with Crippen LogP contribution in [-0.2, 0) is 10.0 Å². The van der Waals surface area contributed by atoms with E-state index < -0.39 is 15.9 Å². The topological polar surface area (TPSA) is 66.5 Å². The van der Waals surface area contributed by atoms with Gasteiger partial charge in [-0.25, -0.2) is 8.42 Å². The Hall–Kier alpha value is -3.42. The molecule has 1 heterocycles. The number of carbonyl (C=O) groups excluding carboxylic acids is 1. The molecule has 34 heavy (non-hydrogen) atoms. The third-order valence-corrected chi connectivity index (χ3v) is 8.80. The van der Waals surface area contributed by atoms with Crippen molar-refractivity contribution < 1.29 is 13.2 Å². The molecule has 7 heteroatoms. The van der Waals surface area contributed by atoms with Crippen molar-refractivity contribution in [3.8, 4) is 11.1 Å². The monoisotopic (exact) mass is 490 g/mol. The molecule has 0 fully saturated rings. The van der Waals surface area contributed by atoms with Gasteiger partial charge in [0.25, 0.3) is 15.9 Å². The summed E-state index contributed by atoms with van der Waals surface area (Å²) in [5, 5.41) is 4.61. The molecule has 0 spiro atoms. The van der Waals surface area contributed by atoms with Gasteiger partial charge in [-0.1, -0.05) is 54.1 Å². The standard InChI is InChI=1S/C27H26N2O3S2/c1-18-10-14-23(15-11-18)29(4)34(31,32)26-24(21-8-6-5-7-9-21)17-33-25(26)27(30)28-22-13-12-19(2)20(3)16-22/h5-17H,1-4H3,(H,28,30). The lowest BCUT2D eigenvalue weighted by molar-refractivity contribution is 0.102. The summed E-state index contributed by atoms with van der Waals surface area (Å²) < 4.78 is 29.0. The average molecular weight is 491 g/mol. The predicted octanol–water partition coefficient (Wildman–Crippen LogP) is 6.42. The number of hydrogen-bond acceptors (Lipinski definition) is 4. The zero-order valence-electron chi connectivity index (χ0n) is 19.5. The Morgan fingerprint density at radius 2 is 1.56 bits per heavy atom. The highest BCUT2D eigenvalue weighted by atomic mass is 32.2.